The average molecular weight is 431 g/mol. The number of hydrogen-bond donors (Lipinski definition) is 1. The van der Waals surface area contributed by atoms with E-state index in [0.29, 0.717) is 40.5 Å². The van der Waals surface area contributed by atoms with Crippen LogP contribution in [0.15, 0.2) is 29.8 Å². The minimum atomic E-state index is -0.704. The number of likely N-dealkylation sites (tertiary alicyclic amines) is 1. The number of nitrogens with zero attached hydrogens (tertiary/aromatic N) is 4. The van der Waals surface area contributed by atoms with Gasteiger partial charge in [0.15, 0.2) is 0 Å². The van der Waals surface area contributed by atoms with Gasteiger partial charge in [-0.15, -0.1) is 0 Å². The number of ketones is 1. The SMILES string of the molecule is Cc1nn(C)c(C)c1C(O)=C1C(=O)C(=O)N(CCCN(C)C)[C@H]1c1cccc(Cl)c1. The van der Waals surface area contributed by atoms with E-state index in [-0.39, 0.29) is 11.3 Å². The average Bonchev–Trinajstić information content (AvgIpc) is 3.07. The fourth-order valence-electron chi connectivity index (χ4n) is 3.94. The summed E-state index contributed by atoms with van der Waals surface area (Å²) in [6, 6.07) is 6.35. The molecule has 1 fully saturated rings. The molecule has 0 bridgehead atoms. The predicted molar refractivity (Wildman–Crippen MR) is 116 cm³/mol. The van der Waals surface area contributed by atoms with Crippen molar-refractivity contribution in [1.82, 2.24) is 19.6 Å². The van der Waals surface area contributed by atoms with Crippen LogP contribution >= 0.6 is 11.6 Å². The second-order valence-electron chi connectivity index (χ2n) is 7.87. The smallest absolute Gasteiger partial charge is 0.295 e. The van der Waals surface area contributed by atoms with Crippen LogP contribution in [-0.2, 0) is 16.6 Å². The molecule has 1 aliphatic heterocycles. The van der Waals surface area contributed by atoms with E-state index in [4.69, 9.17) is 11.6 Å². The number of aryl methyl sites for hydroxylation is 2. The molecule has 8 heteroatoms. The van der Waals surface area contributed by atoms with Crippen molar-refractivity contribution in [3.8, 4) is 0 Å². The number of Topliss-reactive ketones (excluding diaryl/α,β-unsaturated/α-hetero) is 1. The maximum atomic E-state index is 13.0. The first kappa shape index (κ1) is 22.1. The molecule has 1 aromatic carbocycles. The van der Waals surface area contributed by atoms with Gasteiger partial charge in [0.1, 0.15) is 5.76 Å². The van der Waals surface area contributed by atoms with Gasteiger partial charge in [-0.1, -0.05) is 23.7 Å². The van der Waals surface area contributed by atoms with Crippen molar-refractivity contribution in [3.05, 3.63) is 57.4 Å². The first-order valence-corrected chi connectivity index (χ1v) is 10.2. The van der Waals surface area contributed by atoms with Crippen LogP contribution in [0.25, 0.3) is 5.76 Å². The van der Waals surface area contributed by atoms with Crippen LogP contribution in [0, 0.1) is 13.8 Å². The standard InChI is InChI=1S/C22H27ClN4O3/c1-13-17(14(2)26(5)24-13)20(28)18-19(15-8-6-9-16(23)12-15)27(22(30)21(18)29)11-7-10-25(3)4/h6,8-9,12,19,28H,7,10-11H2,1-5H3/t19-/m0/s1. The van der Waals surface area contributed by atoms with E-state index in [1.165, 1.54) is 4.90 Å². The monoisotopic (exact) mass is 430 g/mol. The molecular weight excluding hydrogens is 404 g/mol. The number of rotatable bonds is 6. The summed E-state index contributed by atoms with van der Waals surface area (Å²) in [6.07, 6.45) is 0.697. The van der Waals surface area contributed by atoms with Crippen molar-refractivity contribution < 1.29 is 14.7 Å². The van der Waals surface area contributed by atoms with Gasteiger partial charge in [0.05, 0.1) is 22.9 Å². The molecule has 0 aliphatic carbocycles. The first-order chi connectivity index (χ1) is 14.1. The van der Waals surface area contributed by atoms with Crippen LogP contribution in [-0.4, -0.2) is 63.6 Å². The topological polar surface area (TPSA) is 78.7 Å². The van der Waals surface area contributed by atoms with Crippen molar-refractivity contribution in [1.29, 1.82) is 0 Å². The van der Waals surface area contributed by atoms with E-state index in [0.717, 1.165) is 6.54 Å². The summed E-state index contributed by atoms with van der Waals surface area (Å²) >= 11 is 6.20. The summed E-state index contributed by atoms with van der Waals surface area (Å²) in [6.45, 7) is 4.74. The molecule has 2 heterocycles. The van der Waals surface area contributed by atoms with Gasteiger partial charge in [0.2, 0.25) is 0 Å². The zero-order valence-electron chi connectivity index (χ0n) is 17.9. The highest BCUT2D eigenvalue weighted by atomic mass is 35.5. The molecule has 1 atom stereocenters. The van der Waals surface area contributed by atoms with Crippen LogP contribution in [0.2, 0.25) is 5.02 Å². The van der Waals surface area contributed by atoms with E-state index < -0.39 is 17.7 Å². The lowest BCUT2D eigenvalue weighted by atomic mass is 9.94. The molecule has 1 aromatic heterocycles. The van der Waals surface area contributed by atoms with E-state index in [2.05, 4.69) is 5.10 Å². The summed E-state index contributed by atoms with van der Waals surface area (Å²) in [5, 5.41) is 16.0. The molecule has 7 nitrogen and oxygen atoms in total. The van der Waals surface area contributed by atoms with Crippen LogP contribution < -0.4 is 0 Å². The minimum Gasteiger partial charge on any atom is -0.507 e. The molecule has 0 unspecified atom stereocenters. The van der Waals surface area contributed by atoms with E-state index in [1.54, 1.807) is 36.9 Å². The predicted octanol–water partition coefficient (Wildman–Crippen LogP) is 3.06. The van der Waals surface area contributed by atoms with Gasteiger partial charge in [-0.3, -0.25) is 14.3 Å². The summed E-state index contributed by atoms with van der Waals surface area (Å²) in [5.74, 6) is -1.50. The van der Waals surface area contributed by atoms with Gasteiger partial charge in [-0.05, 0) is 58.6 Å². The fraction of sp³-hybridized carbons (Fsp3) is 0.409. The molecule has 0 saturated carbocycles. The van der Waals surface area contributed by atoms with Crippen molar-refractivity contribution in [2.24, 2.45) is 7.05 Å². The summed E-state index contributed by atoms with van der Waals surface area (Å²) in [4.78, 5) is 29.5. The van der Waals surface area contributed by atoms with E-state index in [9.17, 15) is 14.7 Å². The van der Waals surface area contributed by atoms with Crippen LogP contribution in [0.5, 0.6) is 0 Å². The third-order valence-corrected chi connectivity index (χ3v) is 5.69. The van der Waals surface area contributed by atoms with Gasteiger partial charge >= 0.3 is 0 Å². The molecule has 2 aromatic rings. The number of carbonyl (C=O) groups is 2. The summed E-state index contributed by atoms with van der Waals surface area (Å²) in [7, 11) is 5.68. The highest BCUT2D eigenvalue weighted by molar-refractivity contribution is 6.46. The molecule has 1 saturated heterocycles. The van der Waals surface area contributed by atoms with Crippen LogP contribution in [0.4, 0.5) is 0 Å². The van der Waals surface area contributed by atoms with Crippen molar-refractivity contribution in [2.75, 3.05) is 27.2 Å². The number of aliphatic hydroxyl groups excluding tert-OH is 1. The third kappa shape index (κ3) is 4.00. The Bertz CT molecular complexity index is 1030. The first-order valence-electron chi connectivity index (χ1n) is 9.82. The molecule has 30 heavy (non-hydrogen) atoms. The van der Waals surface area contributed by atoms with Gasteiger partial charge < -0.3 is 14.9 Å². The summed E-state index contributed by atoms with van der Waals surface area (Å²) < 4.78 is 1.64. The fourth-order valence-corrected chi connectivity index (χ4v) is 4.14. The summed E-state index contributed by atoms with van der Waals surface area (Å²) in [5.41, 5.74) is 2.55. The second kappa shape index (κ2) is 8.62. The Morgan fingerprint density at radius 1 is 1.27 bits per heavy atom. The lowest BCUT2D eigenvalue weighted by Crippen LogP contribution is -2.32. The maximum absolute atomic E-state index is 13.0. The van der Waals surface area contributed by atoms with Crippen molar-refractivity contribution >= 4 is 29.1 Å². The molecule has 1 amide bonds. The van der Waals surface area contributed by atoms with Crippen LogP contribution in [0.3, 0.4) is 0 Å². The normalized spacial score (nSPS) is 18.6. The maximum Gasteiger partial charge on any atom is 0.295 e. The van der Waals surface area contributed by atoms with E-state index >= 15 is 0 Å². The van der Waals surface area contributed by atoms with Gasteiger partial charge in [0, 0.05) is 24.3 Å². The number of aromatic nitrogens is 2. The Labute approximate surface area is 181 Å². The third-order valence-electron chi connectivity index (χ3n) is 5.45. The zero-order chi connectivity index (χ0) is 22.2. The lowest BCUT2D eigenvalue weighted by Gasteiger charge is -2.26. The molecule has 3 rings (SSSR count). The van der Waals surface area contributed by atoms with Gasteiger partial charge in [0.25, 0.3) is 11.7 Å². The van der Waals surface area contributed by atoms with Crippen molar-refractivity contribution in [2.45, 2.75) is 26.3 Å². The minimum absolute atomic E-state index is 0.0753. The number of amides is 1. The van der Waals surface area contributed by atoms with Crippen LogP contribution in [0.1, 0.15) is 35.0 Å². The van der Waals surface area contributed by atoms with E-state index in [1.807, 2.05) is 32.0 Å². The number of hydrogen-bond acceptors (Lipinski definition) is 5. The van der Waals surface area contributed by atoms with Crippen molar-refractivity contribution in [3.63, 3.8) is 0 Å². The molecular formula is C22H27ClN4O3. The highest BCUT2D eigenvalue weighted by Crippen LogP contribution is 2.40. The number of aliphatic hydroxyl groups is 1. The molecule has 0 radical (unpaired) electrons. The number of benzene rings is 1. The highest BCUT2D eigenvalue weighted by Gasteiger charge is 2.46. The molecule has 1 aliphatic rings. The molecule has 1 N–H and O–H groups in total. The molecule has 0 spiro atoms. The Morgan fingerprint density at radius 2 is 1.97 bits per heavy atom. The second-order valence-corrected chi connectivity index (χ2v) is 8.31. The quantitative estimate of drug-likeness (QED) is 0.433. The largest absolute Gasteiger partial charge is 0.507 e. The van der Waals surface area contributed by atoms with Gasteiger partial charge in [-0.25, -0.2) is 0 Å². The Morgan fingerprint density at radius 3 is 2.53 bits per heavy atom. The zero-order valence-corrected chi connectivity index (χ0v) is 18.7. The lowest BCUT2D eigenvalue weighted by molar-refractivity contribution is -0.139. The Hall–Kier alpha value is -2.64. The number of carbonyl (C=O) groups excluding carboxylic acids is 2. The Balaban J connectivity index is 2.16. The Kier molecular flexibility index (Phi) is 6.33. The number of halogens is 1. The molecule has 160 valence electrons. The van der Waals surface area contributed by atoms with Gasteiger partial charge in [-0.2, -0.15) is 5.10 Å².